The summed E-state index contributed by atoms with van der Waals surface area (Å²) in [6, 6.07) is 4.96. The first-order valence-corrected chi connectivity index (χ1v) is 8.81. The molecule has 2 heterocycles. The zero-order valence-electron chi connectivity index (χ0n) is 13.7. The van der Waals surface area contributed by atoms with Crippen LogP contribution < -0.4 is 0 Å². The van der Waals surface area contributed by atoms with Gasteiger partial charge in [0.15, 0.2) is 0 Å². The first-order chi connectivity index (χ1) is 11.8. The van der Waals surface area contributed by atoms with Gasteiger partial charge in [-0.1, -0.05) is 12.1 Å². The number of halogens is 3. The van der Waals surface area contributed by atoms with Gasteiger partial charge in [0.1, 0.15) is 0 Å². The van der Waals surface area contributed by atoms with Gasteiger partial charge in [-0.2, -0.15) is 13.2 Å². The fraction of sp³-hybridized carbons (Fsp3) is 0.412. The molecule has 1 aliphatic heterocycles. The molecule has 0 aliphatic carbocycles. The molecule has 1 aliphatic rings. The summed E-state index contributed by atoms with van der Waals surface area (Å²) in [6.07, 6.45) is -4.53. The van der Waals surface area contributed by atoms with Crippen LogP contribution in [0.4, 0.5) is 13.2 Å². The summed E-state index contributed by atoms with van der Waals surface area (Å²) in [6.45, 7) is 4.71. The van der Waals surface area contributed by atoms with Gasteiger partial charge in [-0.25, -0.2) is 4.98 Å². The van der Waals surface area contributed by atoms with Crippen LogP contribution in [-0.2, 0) is 12.7 Å². The number of carbonyl (C=O) groups is 1. The molecule has 1 fully saturated rings. The molecular weight excluding hydrogens is 351 g/mol. The highest BCUT2D eigenvalue weighted by Crippen LogP contribution is 2.32. The fourth-order valence-electron chi connectivity index (χ4n) is 2.91. The Hall–Kier alpha value is -1.93. The highest BCUT2D eigenvalue weighted by Gasteiger charge is 2.36. The van der Waals surface area contributed by atoms with Crippen LogP contribution in [0.2, 0.25) is 0 Å². The van der Waals surface area contributed by atoms with Crippen molar-refractivity contribution in [3.05, 3.63) is 51.5 Å². The van der Waals surface area contributed by atoms with Crippen LogP contribution in [0.1, 0.15) is 26.6 Å². The number of hydrogen-bond acceptors (Lipinski definition) is 4. The molecule has 0 radical (unpaired) electrons. The van der Waals surface area contributed by atoms with Gasteiger partial charge in [0, 0.05) is 38.1 Å². The summed E-state index contributed by atoms with van der Waals surface area (Å²) in [4.78, 5) is 20.6. The van der Waals surface area contributed by atoms with Gasteiger partial charge in [0.05, 0.1) is 21.8 Å². The zero-order chi connectivity index (χ0) is 18.0. The van der Waals surface area contributed by atoms with E-state index in [1.165, 1.54) is 23.1 Å². The van der Waals surface area contributed by atoms with E-state index >= 15 is 0 Å². The first-order valence-electron chi connectivity index (χ1n) is 7.93. The van der Waals surface area contributed by atoms with Gasteiger partial charge < -0.3 is 4.90 Å². The van der Waals surface area contributed by atoms with Crippen molar-refractivity contribution in [1.82, 2.24) is 14.8 Å². The van der Waals surface area contributed by atoms with E-state index in [1.54, 1.807) is 11.3 Å². The number of nitrogens with zero attached hydrogens (tertiary/aromatic N) is 3. The van der Waals surface area contributed by atoms with Gasteiger partial charge in [-0.15, -0.1) is 11.3 Å². The minimum absolute atomic E-state index is 0.279. The van der Waals surface area contributed by atoms with Gasteiger partial charge in [-0.3, -0.25) is 9.69 Å². The normalized spacial score (nSPS) is 16.2. The van der Waals surface area contributed by atoms with E-state index in [4.69, 9.17) is 0 Å². The van der Waals surface area contributed by atoms with E-state index in [-0.39, 0.29) is 5.56 Å². The molecule has 0 bridgehead atoms. The van der Waals surface area contributed by atoms with Crippen molar-refractivity contribution in [3.8, 4) is 0 Å². The quantitative estimate of drug-likeness (QED) is 0.832. The Balaban J connectivity index is 1.64. The molecule has 1 amide bonds. The fourth-order valence-corrected chi connectivity index (χ4v) is 3.51. The smallest absolute Gasteiger partial charge is 0.336 e. The van der Waals surface area contributed by atoms with Crippen molar-refractivity contribution in [1.29, 1.82) is 0 Å². The van der Waals surface area contributed by atoms with E-state index in [0.29, 0.717) is 32.7 Å². The molecule has 134 valence electrons. The van der Waals surface area contributed by atoms with E-state index in [1.807, 2.05) is 12.3 Å². The molecular formula is C17H18F3N3OS. The lowest BCUT2D eigenvalue weighted by molar-refractivity contribution is -0.138. The van der Waals surface area contributed by atoms with Crippen LogP contribution in [0.25, 0.3) is 0 Å². The lowest BCUT2D eigenvalue weighted by atomic mass is 10.1. The standard InChI is InChI=1S/C17H18F3N3OS/c1-12-21-13(11-25-12)10-22-6-8-23(9-7-22)16(24)14-4-2-3-5-15(14)17(18,19)20/h2-5,11H,6-10H2,1H3. The second kappa shape index (κ2) is 7.13. The molecule has 8 heteroatoms. The molecule has 25 heavy (non-hydrogen) atoms. The van der Waals surface area contributed by atoms with Crippen LogP contribution >= 0.6 is 11.3 Å². The van der Waals surface area contributed by atoms with Crippen LogP contribution in [0.3, 0.4) is 0 Å². The highest BCUT2D eigenvalue weighted by atomic mass is 32.1. The monoisotopic (exact) mass is 369 g/mol. The van der Waals surface area contributed by atoms with Gasteiger partial charge in [0.25, 0.3) is 5.91 Å². The third-order valence-electron chi connectivity index (χ3n) is 4.17. The van der Waals surface area contributed by atoms with Crippen molar-refractivity contribution < 1.29 is 18.0 Å². The molecule has 1 aromatic heterocycles. The number of alkyl halides is 3. The van der Waals surface area contributed by atoms with Gasteiger partial charge in [0.2, 0.25) is 0 Å². The predicted molar refractivity (Wildman–Crippen MR) is 89.5 cm³/mol. The average molecular weight is 369 g/mol. The second-order valence-corrected chi connectivity index (χ2v) is 7.03. The van der Waals surface area contributed by atoms with Gasteiger partial charge in [-0.05, 0) is 19.1 Å². The van der Waals surface area contributed by atoms with E-state index in [2.05, 4.69) is 9.88 Å². The molecule has 1 aromatic carbocycles. The highest BCUT2D eigenvalue weighted by molar-refractivity contribution is 7.09. The number of hydrogen-bond donors (Lipinski definition) is 0. The number of benzene rings is 1. The summed E-state index contributed by atoms with van der Waals surface area (Å²) in [5.74, 6) is -0.558. The van der Waals surface area contributed by atoms with Crippen LogP contribution in [-0.4, -0.2) is 46.9 Å². The zero-order valence-corrected chi connectivity index (χ0v) is 14.5. The van der Waals surface area contributed by atoms with Crippen LogP contribution in [0.15, 0.2) is 29.6 Å². The second-order valence-electron chi connectivity index (χ2n) is 5.97. The number of amides is 1. The maximum atomic E-state index is 13.1. The number of aryl methyl sites for hydroxylation is 1. The average Bonchev–Trinajstić information content (AvgIpc) is 2.99. The summed E-state index contributed by atoms with van der Waals surface area (Å²) in [5.41, 5.74) is -0.163. The van der Waals surface area contributed by atoms with Crippen molar-refractivity contribution in [3.63, 3.8) is 0 Å². The summed E-state index contributed by atoms with van der Waals surface area (Å²) >= 11 is 1.59. The van der Waals surface area contributed by atoms with E-state index < -0.39 is 17.6 Å². The Morgan fingerprint density at radius 3 is 2.48 bits per heavy atom. The summed E-state index contributed by atoms with van der Waals surface area (Å²) < 4.78 is 39.3. The Bertz CT molecular complexity index is 752. The van der Waals surface area contributed by atoms with Gasteiger partial charge >= 0.3 is 6.18 Å². The predicted octanol–water partition coefficient (Wildman–Crippen LogP) is 3.43. The molecule has 0 spiro atoms. The Morgan fingerprint density at radius 1 is 1.20 bits per heavy atom. The minimum atomic E-state index is -4.53. The molecule has 0 unspecified atom stereocenters. The Labute approximate surface area is 147 Å². The van der Waals surface area contributed by atoms with Crippen LogP contribution in [0.5, 0.6) is 0 Å². The maximum Gasteiger partial charge on any atom is 0.417 e. The van der Waals surface area contributed by atoms with Crippen molar-refractivity contribution >= 4 is 17.2 Å². The number of rotatable bonds is 3. The SMILES string of the molecule is Cc1nc(CN2CCN(C(=O)c3ccccc3C(F)(F)F)CC2)cs1. The van der Waals surface area contributed by atoms with Crippen molar-refractivity contribution in [2.75, 3.05) is 26.2 Å². The molecule has 4 nitrogen and oxygen atoms in total. The first kappa shape index (κ1) is 17.9. The number of carbonyl (C=O) groups excluding carboxylic acids is 1. The minimum Gasteiger partial charge on any atom is -0.336 e. The largest absolute Gasteiger partial charge is 0.417 e. The van der Waals surface area contributed by atoms with E-state index in [9.17, 15) is 18.0 Å². The summed E-state index contributed by atoms with van der Waals surface area (Å²) in [7, 11) is 0. The molecule has 2 aromatic rings. The van der Waals surface area contributed by atoms with Crippen molar-refractivity contribution in [2.24, 2.45) is 0 Å². The molecule has 0 atom stereocenters. The Kier molecular flexibility index (Phi) is 5.10. The molecule has 0 N–H and O–H groups in total. The summed E-state index contributed by atoms with van der Waals surface area (Å²) in [5, 5.41) is 3.01. The lowest BCUT2D eigenvalue weighted by Gasteiger charge is -2.34. The molecule has 0 saturated carbocycles. The third kappa shape index (κ3) is 4.19. The third-order valence-corrected chi connectivity index (χ3v) is 5.00. The van der Waals surface area contributed by atoms with E-state index in [0.717, 1.165) is 16.8 Å². The van der Waals surface area contributed by atoms with Crippen LogP contribution in [0, 0.1) is 6.92 Å². The van der Waals surface area contributed by atoms with Crippen molar-refractivity contribution in [2.45, 2.75) is 19.6 Å². The molecule has 1 saturated heterocycles. The number of piperazine rings is 1. The lowest BCUT2D eigenvalue weighted by Crippen LogP contribution is -2.48. The number of aromatic nitrogens is 1. The maximum absolute atomic E-state index is 13.1. The Morgan fingerprint density at radius 2 is 1.88 bits per heavy atom. The number of thiazole rings is 1. The molecule has 3 rings (SSSR count). The topological polar surface area (TPSA) is 36.4 Å².